The van der Waals surface area contributed by atoms with Crippen LogP contribution in [0.15, 0.2) is 30.5 Å². The van der Waals surface area contributed by atoms with Gasteiger partial charge in [-0.2, -0.15) is 0 Å². The molecule has 0 spiro atoms. The predicted molar refractivity (Wildman–Crippen MR) is 121 cm³/mol. The van der Waals surface area contributed by atoms with E-state index in [4.69, 9.17) is 5.73 Å². The number of ketones is 1. The molecule has 164 valence electrons. The van der Waals surface area contributed by atoms with Gasteiger partial charge in [0.05, 0.1) is 5.56 Å². The minimum absolute atomic E-state index is 0.385. The second-order valence-corrected chi connectivity index (χ2v) is 10.6. The molecule has 3 heterocycles. The number of hydrogen-bond acceptors (Lipinski definition) is 3. The Balaban J connectivity index is 1.28. The van der Waals surface area contributed by atoms with Gasteiger partial charge >= 0.3 is 0 Å². The second-order valence-electron chi connectivity index (χ2n) is 10.6. The van der Waals surface area contributed by atoms with E-state index in [1.54, 1.807) is 0 Å². The van der Waals surface area contributed by atoms with E-state index in [1.807, 2.05) is 24.4 Å². The van der Waals surface area contributed by atoms with Crippen molar-refractivity contribution < 1.29 is 9.59 Å². The lowest BCUT2D eigenvalue weighted by Gasteiger charge is -2.49. The van der Waals surface area contributed by atoms with Crippen LogP contribution in [0.2, 0.25) is 0 Å². The number of hydrogen-bond donors (Lipinski definition) is 1. The number of rotatable bonds is 4. The summed E-state index contributed by atoms with van der Waals surface area (Å²) in [5, 5.41) is 0.848. The molecule has 2 aliphatic carbocycles. The number of nitrogens with two attached hydrogens (primary N) is 1. The maximum atomic E-state index is 12.5. The fourth-order valence-electron chi connectivity index (χ4n) is 7.77. The smallest absolute Gasteiger partial charge is 0.289 e. The molecule has 1 aromatic carbocycles. The topological polar surface area (TPSA) is 68.3 Å². The largest absolute Gasteiger partial charge is 0.363 e. The number of piperidine rings is 1. The van der Waals surface area contributed by atoms with Gasteiger partial charge in [0.1, 0.15) is 0 Å². The highest BCUT2D eigenvalue weighted by molar-refractivity contribution is 6.44. The van der Waals surface area contributed by atoms with Crippen molar-refractivity contribution in [2.75, 3.05) is 0 Å². The average molecular weight is 420 g/mol. The molecule has 5 nitrogen and oxygen atoms in total. The predicted octanol–water partition coefficient (Wildman–Crippen LogP) is 4.45. The highest BCUT2D eigenvalue weighted by Crippen LogP contribution is 2.48. The van der Waals surface area contributed by atoms with Crippen LogP contribution in [-0.4, -0.2) is 39.3 Å². The highest BCUT2D eigenvalue weighted by atomic mass is 16.2. The van der Waals surface area contributed by atoms with E-state index in [0.717, 1.165) is 41.6 Å². The number of fused-ring (bicyclic) bond motifs is 5. The summed E-state index contributed by atoms with van der Waals surface area (Å²) >= 11 is 0. The lowest BCUT2D eigenvalue weighted by atomic mass is 9.69. The molecular weight excluding hydrogens is 386 g/mol. The van der Waals surface area contributed by atoms with Crippen LogP contribution in [0.4, 0.5) is 0 Å². The van der Waals surface area contributed by atoms with Gasteiger partial charge in [0.15, 0.2) is 0 Å². The van der Waals surface area contributed by atoms with E-state index in [0.29, 0.717) is 23.7 Å². The molecule has 6 atom stereocenters. The van der Waals surface area contributed by atoms with Gasteiger partial charge in [-0.15, -0.1) is 0 Å². The molecule has 4 aliphatic rings. The Hall–Kier alpha value is -2.14. The van der Waals surface area contributed by atoms with Crippen LogP contribution in [0.5, 0.6) is 0 Å². The maximum absolute atomic E-state index is 12.5. The SMILES string of the molecule is NC(=O)C(=O)c1cn(C2C[C@H]3CC[C@@H](C2)N3C2C[C@H]3CCC[C@@H](C2)C3)c2ccccc12. The number of primary amides is 1. The zero-order valence-electron chi connectivity index (χ0n) is 18.2. The van der Waals surface area contributed by atoms with Crippen molar-refractivity contribution >= 4 is 22.6 Å². The Labute approximate surface area is 184 Å². The first-order chi connectivity index (χ1) is 15.1. The van der Waals surface area contributed by atoms with Crippen LogP contribution < -0.4 is 5.73 Å². The van der Waals surface area contributed by atoms with E-state index < -0.39 is 11.7 Å². The molecule has 0 radical (unpaired) electrons. The van der Waals surface area contributed by atoms with Crippen LogP contribution >= 0.6 is 0 Å². The molecule has 2 aromatic rings. The highest BCUT2D eigenvalue weighted by Gasteiger charge is 2.47. The number of nitrogens with zero attached hydrogens (tertiary/aromatic N) is 2. The number of carbonyl (C=O) groups is 2. The van der Waals surface area contributed by atoms with E-state index in [1.165, 1.54) is 51.4 Å². The van der Waals surface area contributed by atoms with Crippen molar-refractivity contribution in [2.45, 2.75) is 88.4 Å². The Morgan fingerprint density at radius 1 is 0.806 bits per heavy atom. The van der Waals surface area contributed by atoms with E-state index in [-0.39, 0.29) is 0 Å². The third-order valence-electron chi connectivity index (χ3n) is 8.89. The van der Waals surface area contributed by atoms with Crippen LogP contribution in [0.3, 0.4) is 0 Å². The van der Waals surface area contributed by atoms with E-state index in [9.17, 15) is 9.59 Å². The van der Waals surface area contributed by atoms with E-state index in [2.05, 4.69) is 15.5 Å². The van der Waals surface area contributed by atoms with Crippen molar-refractivity contribution in [1.29, 1.82) is 0 Å². The molecule has 2 saturated heterocycles. The summed E-state index contributed by atoms with van der Waals surface area (Å²) in [6.07, 6.45) is 15.5. The van der Waals surface area contributed by atoms with Gasteiger partial charge in [0, 0.05) is 41.3 Å². The molecule has 2 aliphatic heterocycles. The van der Waals surface area contributed by atoms with Gasteiger partial charge in [0.25, 0.3) is 11.7 Å². The molecule has 31 heavy (non-hydrogen) atoms. The first-order valence-corrected chi connectivity index (χ1v) is 12.3. The molecule has 2 N–H and O–H groups in total. The molecule has 5 heteroatoms. The zero-order chi connectivity index (χ0) is 21.1. The zero-order valence-corrected chi connectivity index (χ0v) is 18.2. The molecule has 1 aromatic heterocycles. The molecule has 4 fully saturated rings. The Morgan fingerprint density at radius 3 is 2.16 bits per heavy atom. The number of amides is 1. The third kappa shape index (κ3) is 3.24. The molecule has 4 bridgehead atoms. The standard InChI is InChI=1S/C26H33N3O2/c27-26(31)25(30)23-15-28(24-7-2-1-6-22(23)24)20-13-18-8-9-19(14-20)29(18)21-11-16-4-3-5-17(10-16)12-21/h1-2,6-7,15-21H,3-5,8-14H2,(H2,27,31)/t16-,17+,18-,19+,20?,21?. The summed E-state index contributed by atoms with van der Waals surface area (Å²) in [5.41, 5.74) is 6.85. The number of Topliss-reactive ketones (excluding diaryl/α,β-unsaturated/α-hetero) is 1. The number of benzene rings is 1. The van der Waals surface area contributed by atoms with Crippen molar-refractivity contribution in [3.05, 3.63) is 36.0 Å². The lowest BCUT2D eigenvalue weighted by molar-refractivity contribution is -0.114. The molecular formula is C26H33N3O2. The molecule has 2 saturated carbocycles. The van der Waals surface area contributed by atoms with Gasteiger partial charge in [-0.25, -0.2) is 0 Å². The Morgan fingerprint density at radius 2 is 1.48 bits per heavy atom. The van der Waals surface area contributed by atoms with Crippen molar-refractivity contribution in [3.8, 4) is 0 Å². The van der Waals surface area contributed by atoms with E-state index >= 15 is 0 Å². The van der Waals surface area contributed by atoms with Gasteiger partial charge in [0.2, 0.25) is 0 Å². The Bertz CT molecular complexity index is 1000. The average Bonchev–Trinajstić information content (AvgIpc) is 3.28. The van der Waals surface area contributed by atoms with Crippen LogP contribution in [0.1, 0.15) is 80.6 Å². The Kier molecular flexibility index (Phi) is 4.71. The summed E-state index contributed by atoms with van der Waals surface area (Å²) in [6.45, 7) is 0. The normalized spacial score (nSPS) is 35.4. The minimum Gasteiger partial charge on any atom is -0.363 e. The van der Waals surface area contributed by atoms with Crippen LogP contribution in [-0.2, 0) is 4.79 Å². The number of carbonyl (C=O) groups excluding carboxylic acids is 2. The fraction of sp³-hybridized carbons (Fsp3) is 0.615. The molecule has 6 rings (SSSR count). The summed E-state index contributed by atoms with van der Waals surface area (Å²) in [4.78, 5) is 27.0. The lowest BCUT2D eigenvalue weighted by Crippen LogP contribution is -2.52. The monoisotopic (exact) mass is 419 g/mol. The van der Waals surface area contributed by atoms with Gasteiger partial charge in [-0.05, 0) is 62.8 Å². The van der Waals surface area contributed by atoms with Gasteiger partial charge < -0.3 is 10.3 Å². The van der Waals surface area contributed by atoms with Crippen LogP contribution in [0.25, 0.3) is 10.9 Å². The maximum Gasteiger partial charge on any atom is 0.289 e. The minimum atomic E-state index is -0.874. The number of aromatic nitrogens is 1. The first-order valence-electron chi connectivity index (χ1n) is 12.3. The summed E-state index contributed by atoms with van der Waals surface area (Å²) in [5.74, 6) is 0.473. The van der Waals surface area contributed by atoms with Gasteiger partial charge in [-0.1, -0.05) is 37.5 Å². The molecule has 2 unspecified atom stereocenters. The van der Waals surface area contributed by atoms with Gasteiger partial charge in [-0.3, -0.25) is 14.5 Å². The summed E-state index contributed by atoms with van der Waals surface area (Å²) in [7, 11) is 0. The second kappa shape index (κ2) is 7.47. The number of para-hydroxylation sites is 1. The summed E-state index contributed by atoms with van der Waals surface area (Å²) < 4.78 is 2.28. The third-order valence-corrected chi connectivity index (χ3v) is 8.89. The quantitative estimate of drug-likeness (QED) is 0.588. The fourth-order valence-corrected chi connectivity index (χ4v) is 7.77. The first kappa shape index (κ1) is 19.5. The van der Waals surface area contributed by atoms with Crippen molar-refractivity contribution in [3.63, 3.8) is 0 Å². The van der Waals surface area contributed by atoms with Crippen molar-refractivity contribution in [2.24, 2.45) is 17.6 Å². The van der Waals surface area contributed by atoms with Crippen LogP contribution in [0, 0.1) is 11.8 Å². The summed E-state index contributed by atoms with van der Waals surface area (Å²) in [6, 6.07) is 10.4. The molecule has 1 amide bonds. The van der Waals surface area contributed by atoms with Crippen molar-refractivity contribution in [1.82, 2.24) is 9.47 Å².